The minimum Gasteiger partial charge on any atom is -0.496 e. The molecule has 122 valence electrons. The number of methoxy groups -OCH3 is 1. The van der Waals surface area contributed by atoms with Gasteiger partial charge in [-0.1, -0.05) is 24.4 Å². The van der Waals surface area contributed by atoms with Gasteiger partial charge in [0.2, 0.25) is 0 Å². The third-order valence-electron chi connectivity index (χ3n) is 4.55. The number of hydrogen-bond acceptors (Lipinski definition) is 2. The molecule has 0 aromatic heterocycles. The topological polar surface area (TPSA) is 42.8 Å². The predicted octanol–water partition coefficient (Wildman–Crippen LogP) is 1.81. The third kappa shape index (κ3) is 4.37. The predicted molar refractivity (Wildman–Crippen MR) is 88.5 cm³/mol. The van der Waals surface area contributed by atoms with E-state index in [-0.39, 0.29) is 11.9 Å². The molecule has 0 saturated heterocycles. The van der Waals surface area contributed by atoms with E-state index in [1.54, 1.807) is 7.11 Å². The van der Waals surface area contributed by atoms with Crippen LogP contribution in [-0.4, -0.2) is 32.1 Å². The van der Waals surface area contributed by atoms with Crippen molar-refractivity contribution < 1.29 is 14.4 Å². The number of nitrogens with one attached hydrogen (secondary N) is 2. The lowest BCUT2D eigenvalue weighted by atomic mass is 10.1. The van der Waals surface area contributed by atoms with Crippen molar-refractivity contribution in [1.29, 1.82) is 0 Å². The molecule has 0 bridgehead atoms. The molecule has 4 nitrogen and oxygen atoms in total. The maximum absolute atomic E-state index is 12.4. The fourth-order valence-electron chi connectivity index (χ4n) is 2.96. The monoisotopic (exact) mass is 325 g/mol. The number of benzene rings is 1. The fourth-order valence-corrected chi connectivity index (χ4v) is 3.15. The van der Waals surface area contributed by atoms with E-state index >= 15 is 0 Å². The lowest BCUT2D eigenvalue weighted by Gasteiger charge is -2.23. The lowest BCUT2D eigenvalue weighted by molar-refractivity contribution is -0.908. The highest BCUT2D eigenvalue weighted by atomic mass is 35.5. The number of quaternary nitrogens is 1. The van der Waals surface area contributed by atoms with E-state index in [0.29, 0.717) is 17.6 Å². The molecule has 1 aromatic carbocycles. The summed E-state index contributed by atoms with van der Waals surface area (Å²) in [6.07, 6.45) is 4.67. The van der Waals surface area contributed by atoms with Gasteiger partial charge in [-0.2, -0.15) is 0 Å². The molecule has 1 saturated carbocycles. The van der Waals surface area contributed by atoms with Gasteiger partial charge in [-0.05, 0) is 38.0 Å². The number of rotatable bonds is 6. The van der Waals surface area contributed by atoms with Crippen molar-refractivity contribution in [1.82, 2.24) is 5.32 Å². The van der Waals surface area contributed by atoms with Crippen molar-refractivity contribution >= 4 is 17.5 Å². The standard InChI is InChI=1S/C17H25ClN2O2/c1-12(17(21)19-15-6-4-5-7-15)20(2)11-13-10-14(18)8-9-16(13)22-3/h8-10,12,15H,4-7,11H2,1-3H3,(H,19,21)/p+1/t12-/m1/s1. The van der Waals surface area contributed by atoms with E-state index in [2.05, 4.69) is 5.32 Å². The number of carbonyl (C=O) groups excluding carboxylic acids is 1. The van der Waals surface area contributed by atoms with Crippen LogP contribution in [0.2, 0.25) is 5.02 Å². The van der Waals surface area contributed by atoms with Crippen LogP contribution in [0.1, 0.15) is 38.2 Å². The summed E-state index contributed by atoms with van der Waals surface area (Å²) in [7, 11) is 3.68. The van der Waals surface area contributed by atoms with Crippen LogP contribution in [0.25, 0.3) is 0 Å². The van der Waals surface area contributed by atoms with Crippen LogP contribution in [0, 0.1) is 0 Å². The summed E-state index contributed by atoms with van der Waals surface area (Å²) in [4.78, 5) is 13.5. The van der Waals surface area contributed by atoms with Crippen LogP contribution in [-0.2, 0) is 11.3 Å². The molecule has 2 atom stereocenters. The van der Waals surface area contributed by atoms with E-state index in [9.17, 15) is 4.79 Å². The van der Waals surface area contributed by atoms with Gasteiger partial charge < -0.3 is 15.0 Å². The molecular formula is C17H26ClN2O2+. The molecule has 1 aliphatic rings. The summed E-state index contributed by atoms with van der Waals surface area (Å²) < 4.78 is 5.38. The van der Waals surface area contributed by atoms with Crippen molar-refractivity contribution in [3.63, 3.8) is 0 Å². The number of halogens is 1. The van der Waals surface area contributed by atoms with Gasteiger partial charge in [0, 0.05) is 16.6 Å². The molecule has 22 heavy (non-hydrogen) atoms. The van der Waals surface area contributed by atoms with Crippen LogP contribution >= 0.6 is 11.6 Å². The molecule has 0 spiro atoms. The highest BCUT2D eigenvalue weighted by Crippen LogP contribution is 2.22. The maximum Gasteiger partial charge on any atom is 0.278 e. The fraction of sp³-hybridized carbons (Fsp3) is 0.588. The third-order valence-corrected chi connectivity index (χ3v) is 4.78. The van der Waals surface area contributed by atoms with Crippen LogP contribution in [0.5, 0.6) is 5.75 Å². The first-order valence-corrected chi connectivity index (χ1v) is 8.34. The number of carbonyl (C=O) groups is 1. The summed E-state index contributed by atoms with van der Waals surface area (Å²) in [5.41, 5.74) is 1.02. The van der Waals surface area contributed by atoms with E-state index in [1.165, 1.54) is 12.8 Å². The molecule has 1 amide bonds. The zero-order chi connectivity index (χ0) is 16.1. The van der Waals surface area contributed by atoms with Gasteiger partial charge in [0.1, 0.15) is 12.3 Å². The van der Waals surface area contributed by atoms with Crippen molar-refractivity contribution in [3.05, 3.63) is 28.8 Å². The maximum atomic E-state index is 12.4. The zero-order valence-electron chi connectivity index (χ0n) is 13.6. The Morgan fingerprint density at radius 1 is 1.45 bits per heavy atom. The highest BCUT2D eigenvalue weighted by Gasteiger charge is 2.26. The van der Waals surface area contributed by atoms with Gasteiger partial charge in [0.15, 0.2) is 6.04 Å². The second-order valence-electron chi connectivity index (χ2n) is 6.19. The number of ether oxygens (including phenoxy) is 1. The van der Waals surface area contributed by atoms with Crippen LogP contribution in [0.4, 0.5) is 0 Å². The van der Waals surface area contributed by atoms with Gasteiger partial charge >= 0.3 is 0 Å². The molecule has 0 aliphatic heterocycles. The van der Waals surface area contributed by atoms with Crippen LogP contribution in [0.15, 0.2) is 18.2 Å². The van der Waals surface area contributed by atoms with Crippen molar-refractivity contribution in [3.8, 4) is 5.75 Å². The molecule has 0 heterocycles. The Kier molecular flexibility index (Phi) is 6.09. The van der Waals surface area contributed by atoms with Gasteiger partial charge in [0.25, 0.3) is 5.91 Å². The van der Waals surface area contributed by atoms with E-state index in [0.717, 1.165) is 29.1 Å². The Morgan fingerprint density at radius 3 is 2.77 bits per heavy atom. The van der Waals surface area contributed by atoms with Crippen LogP contribution in [0.3, 0.4) is 0 Å². The van der Waals surface area contributed by atoms with E-state index in [4.69, 9.17) is 16.3 Å². The average molecular weight is 326 g/mol. The van der Waals surface area contributed by atoms with Gasteiger partial charge in [0.05, 0.1) is 14.2 Å². The summed E-state index contributed by atoms with van der Waals surface area (Å²) >= 11 is 6.07. The summed E-state index contributed by atoms with van der Waals surface area (Å²) in [6, 6.07) is 5.85. The minimum atomic E-state index is -0.107. The summed E-state index contributed by atoms with van der Waals surface area (Å²) in [5.74, 6) is 0.942. The first kappa shape index (κ1) is 17.1. The number of likely N-dealkylation sites (N-methyl/N-ethyl adjacent to an activating group) is 1. The Hall–Kier alpha value is -1.26. The Morgan fingerprint density at radius 2 is 2.14 bits per heavy atom. The molecule has 2 rings (SSSR count). The van der Waals surface area contributed by atoms with Gasteiger partial charge in [-0.3, -0.25) is 4.79 Å². The first-order chi connectivity index (χ1) is 10.5. The molecule has 1 unspecified atom stereocenters. The molecule has 1 aromatic rings. The minimum absolute atomic E-state index is 0.107. The second-order valence-corrected chi connectivity index (χ2v) is 6.63. The molecule has 0 radical (unpaired) electrons. The summed E-state index contributed by atoms with van der Waals surface area (Å²) in [6.45, 7) is 2.67. The smallest absolute Gasteiger partial charge is 0.278 e. The molecule has 1 aliphatic carbocycles. The van der Waals surface area contributed by atoms with E-state index < -0.39 is 0 Å². The quantitative estimate of drug-likeness (QED) is 0.837. The van der Waals surface area contributed by atoms with Gasteiger partial charge in [-0.25, -0.2) is 0 Å². The first-order valence-electron chi connectivity index (χ1n) is 7.96. The molecule has 1 fully saturated rings. The van der Waals surface area contributed by atoms with Crippen molar-refractivity contribution in [2.75, 3.05) is 14.2 Å². The number of amides is 1. The SMILES string of the molecule is COc1ccc(Cl)cc1C[NH+](C)[C@H](C)C(=O)NC1CCCC1. The van der Waals surface area contributed by atoms with Crippen molar-refractivity contribution in [2.24, 2.45) is 0 Å². The Balaban J connectivity index is 1.96. The Labute approximate surface area is 137 Å². The average Bonchev–Trinajstić information content (AvgIpc) is 2.99. The zero-order valence-corrected chi connectivity index (χ0v) is 14.4. The lowest BCUT2D eigenvalue weighted by Crippen LogP contribution is -3.12. The molecule has 5 heteroatoms. The summed E-state index contributed by atoms with van der Waals surface area (Å²) in [5, 5.41) is 3.85. The Bertz CT molecular complexity index is 515. The number of hydrogen-bond donors (Lipinski definition) is 2. The molecular weight excluding hydrogens is 300 g/mol. The van der Waals surface area contributed by atoms with E-state index in [1.807, 2.05) is 32.2 Å². The normalized spacial score (nSPS) is 18.0. The highest BCUT2D eigenvalue weighted by molar-refractivity contribution is 6.30. The second kappa shape index (κ2) is 7.84. The van der Waals surface area contributed by atoms with Gasteiger partial charge in [-0.15, -0.1) is 0 Å². The van der Waals surface area contributed by atoms with Crippen LogP contribution < -0.4 is 15.0 Å². The molecule has 2 N–H and O–H groups in total. The van der Waals surface area contributed by atoms with Crippen molar-refractivity contribution in [2.45, 2.75) is 51.2 Å². The largest absolute Gasteiger partial charge is 0.496 e.